The third-order valence-electron chi connectivity index (χ3n) is 2.99. The van der Waals surface area contributed by atoms with Crippen LogP contribution in [0.2, 0.25) is 0 Å². The second kappa shape index (κ2) is 5.04. The Bertz CT molecular complexity index is 799. The average Bonchev–Trinajstić information content (AvgIpc) is 2.97. The smallest absolute Gasteiger partial charge is 0.310 e. The van der Waals surface area contributed by atoms with Gasteiger partial charge in [-0.2, -0.15) is 0 Å². The molecule has 3 rings (SSSR count). The van der Waals surface area contributed by atoms with Crippen LogP contribution in [0.5, 0.6) is 5.75 Å². The van der Waals surface area contributed by atoms with Crippen molar-refractivity contribution in [3.63, 3.8) is 0 Å². The van der Waals surface area contributed by atoms with Crippen molar-refractivity contribution in [2.45, 2.75) is 0 Å². The van der Waals surface area contributed by atoms with Gasteiger partial charge in [0, 0.05) is 24.0 Å². The minimum Gasteiger partial charge on any atom is -0.502 e. The van der Waals surface area contributed by atoms with Crippen molar-refractivity contribution in [2.24, 2.45) is 0 Å². The quantitative estimate of drug-likeness (QED) is 0.588. The molecule has 2 heterocycles. The number of aromatic nitrogens is 3. The number of hydrogen-bond acceptors (Lipinski definition) is 5. The van der Waals surface area contributed by atoms with Crippen molar-refractivity contribution in [1.29, 1.82) is 0 Å². The SMILES string of the molecule is O=[N+]([O-])c1ccc(-c2cn(-c3cccnc3)cn2)cc1O. The third-order valence-corrected chi connectivity index (χ3v) is 2.99. The Morgan fingerprint density at radius 3 is 2.81 bits per heavy atom. The monoisotopic (exact) mass is 282 g/mol. The lowest BCUT2D eigenvalue weighted by molar-refractivity contribution is -0.385. The van der Waals surface area contributed by atoms with Crippen LogP contribution >= 0.6 is 0 Å². The van der Waals surface area contributed by atoms with E-state index in [1.807, 2.05) is 12.1 Å². The highest BCUT2D eigenvalue weighted by molar-refractivity contribution is 5.65. The fourth-order valence-electron chi connectivity index (χ4n) is 1.96. The van der Waals surface area contributed by atoms with Gasteiger partial charge in [-0.3, -0.25) is 15.1 Å². The first-order chi connectivity index (χ1) is 10.1. The summed E-state index contributed by atoms with van der Waals surface area (Å²) < 4.78 is 1.78. The second-order valence-corrected chi connectivity index (χ2v) is 4.34. The maximum atomic E-state index is 10.7. The van der Waals surface area contributed by atoms with Gasteiger partial charge in [-0.05, 0) is 24.3 Å². The summed E-state index contributed by atoms with van der Waals surface area (Å²) in [7, 11) is 0. The molecule has 0 atom stereocenters. The zero-order valence-electron chi connectivity index (χ0n) is 10.7. The zero-order valence-corrected chi connectivity index (χ0v) is 10.7. The Kier molecular flexibility index (Phi) is 3.07. The molecule has 0 amide bonds. The molecule has 0 aliphatic rings. The lowest BCUT2D eigenvalue weighted by atomic mass is 10.1. The van der Waals surface area contributed by atoms with Gasteiger partial charge in [0.1, 0.15) is 0 Å². The highest BCUT2D eigenvalue weighted by atomic mass is 16.6. The van der Waals surface area contributed by atoms with Crippen molar-refractivity contribution < 1.29 is 10.0 Å². The summed E-state index contributed by atoms with van der Waals surface area (Å²) in [4.78, 5) is 18.3. The van der Waals surface area contributed by atoms with E-state index >= 15 is 0 Å². The molecule has 0 saturated heterocycles. The predicted octanol–water partition coefficient (Wildman–Crippen LogP) is 2.55. The molecule has 0 aliphatic carbocycles. The number of benzene rings is 1. The lowest BCUT2D eigenvalue weighted by Gasteiger charge is -2.00. The summed E-state index contributed by atoms with van der Waals surface area (Å²) in [5.41, 5.74) is 1.72. The van der Waals surface area contributed by atoms with Gasteiger partial charge in [0.15, 0.2) is 5.75 Å². The first kappa shape index (κ1) is 12.8. The van der Waals surface area contributed by atoms with Crippen LogP contribution in [-0.2, 0) is 0 Å². The Balaban J connectivity index is 1.97. The fourth-order valence-corrected chi connectivity index (χ4v) is 1.96. The number of phenolic OH excluding ortho intramolecular Hbond substituents is 1. The molecule has 7 heteroatoms. The first-order valence-electron chi connectivity index (χ1n) is 6.07. The van der Waals surface area contributed by atoms with Crippen LogP contribution in [0.3, 0.4) is 0 Å². The number of nitro groups is 1. The number of rotatable bonds is 3. The molecule has 0 saturated carbocycles. The summed E-state index contributed by atoms with van der Waals surface area (Å²) in [6, 6.07) is 7.83. The minimum absolute atomic E-state index is 0.328. The largest absolute Gasteiger partial charge is 0.502 e. The van der Waals surface area contributed by atoms with Gasteiger partial charge in [0.05, 0.1) is 28.8 Å². The van der Waals surface area contributed by atoms with E-state index in [9.17, 15) is 15.2 Å². The number of hydrogen-bond donors (Lipinski definition) is 1. The molecular weight excluding hydrogens is 272 g/mol. The van der Waals surface area contributed by atoms with Crippen LogP contribution in [0.25, 0.3) is 16.9 Å². The molecule has 0 unspecified atom stereocenters. The molecular formula is C14H10N4O3. The van der Waals surface area contributed by atoms with Gasteiger partial charge in [0.2, 0.25) is 0 Å². The predicted molar refractivity (Wildman–Crippen MR) is 75.1 cm³/mol. The summed E-state index contributed by atoms with van der Waals surface area (Å²) in [6.45, 7) is 0. The second-order valence-electron chi connectivity index (χ2n) is 4.34. The van der Waals surface area contributed by atoms with Crippen LogP contribution < -0.4 is 0 Å². The van der Waals surface area contributed by atoms with Gasteiger partial charge >= 0.3 is 5.69 Å². The van der Waals surface area contributed by atoms with Crippen LogP contribution in [0, 0.1) is 10.1 Å². The van der Waals surface area contributed by atoms with Crippen LogP contribution in [0.4, 0.5) is 5.69 Å². The number of nitro benzene ring substituents is 1. The maximum absolute atomic E-state index is 10.7. The Hall–Kier alpha value is -3.22. The van der Waals surface area contributed by atoms with E-state index in [0.29, 0.717) is 11.3 Å². The number of nitrogens with zero attached hydrogens (tertiary/aromatic N) is 4. The number of aromatic hydroxyl groups is 1. The molecule has 21 heavy (non-hydrogen) atoms. The molecule has 0 bridgehead atoms. The molecule has 7 nitrogen and oxygen atoms in total. The van der Waals surface area contributed by atoms with Gasteiger partial charge in [0.25, 0.3) is 0 Å². The van der Waals surface area contributed by atoms with E-state index in [1.165, 1.54) is 12.1 Å². The fraction of sp³-hybridized carbons (Fsp3) is 0. The number of phenols is 1. The van der Waals surface area contributed by atoms with Crippen molar-refractivity contribution in [2.75, 3.05) is 0 Å². The molecule has 0 spiro atoms. The molecule has 104 valence electrons. The number of imidazole rings is 1. The molecule has 1 aromatic carbocycles. The summed E-state index contributed by atoms with van der Waals surface area (Å²) in [6.07, 6.45) is 6.75. The van der Waals surface area contributed by atoms with E-state index in [2.05, 4.69) is 9.97 Å². The summed E-state index contributed by atoms with van der Waals surface area (Å²) >= 11 is 0. The topological polar surface area (TPSA) is 94.1 Å². The molecule has 0 radical (unpaired) electrons. The lowest BCUT2D eigenvalue weighted by Crippen LogP contribution is -1.90. The van der Waals surface area contributed by atoms with Crippen molar-refractivity contribution >= 4 is 5.69 Å². The van der Waals surface area contributed by atoms with Gasteiger partial charge in [-0.25, -0.2) is 4.98 Å². The highest BCUT2D eigenvalue weighted by Gasteiger charge is 2.14. The molecule has 0 aliphatic heterocycles. The molecule has 2 aromatic heterocycles. The molecule has 0 fully saturated rings. The van der Waals surface area contributed by atoms with Gasteiger partial charge < -0.3 is 9.67 Å². The zero-order chi connectivity index (χ0) is 14.8. The van der Waals surface area contributed by atoms with E-state index in [-0.39, 0.29) is 11.4 Å². The Labute approximate surface area is 119 Å². The van der Waals surface area contributed by atoms with E-state index in [0.717, 1.165) is 5.69 Å². The van der Waals surface area contributed by atoms with Crippen LogP contribution in [0.15, 0.2) is 55.2 Å². The first-order valence-corrected chi connectivity index (χ1v) is 6.07. The summed E-state index contributed by atoms with van der Waals surface area (Å²) in [5, 5.41) is 20.3. The normalized spacial score (nSPS) is 10.5. The van der Waals surface area contributed by atoms with E-state index in [4.69, 9.17) is 0 Å². The van der Waals surface area contributed by atoms with Gasteiger partial charge in [-0.15, -0.1) is 0 Å². The highest BCUT2D eigenvalue weighted by Crippen LogP contribution is 2.30. The Morgan fingerprint density at radius 1 is 1.29 bits per heavy atom. The third kappa shape index (κ3) is 2.44. The van der Waals surface area contributed by atoms with Crippen LogP contribution in [0.1, 0.15) is 0 Å². The van der Waals surface area contributed by atoms with Crippen molar-refractivity contribution in [3.05, 3.63) is 65.4 Å². The minimum atomic E-state index is -0.632. The van der Waals surface area contributed by atoms with Crippen molar-refractivity contribution in [1.82, 2.24) is 14.5 Å². The molecule has 1 N–H and O–H groups in total. The van der Waals surface area contributed by atoms with Crippen molar-refractivity contribution in [3.8, 4) is 22.7 Å². The number of pyridine rings is 1. The standard InChI is InChI=1S/C14H10N4O3/c19-14-6-10(3-4-13(14)18(20)21)12-8-17(9-16-12)11-2-1-5-15-7-11/h1-9,19H. The van der Waals surface area contributed by atoms with E-state index < -0.39 is 4.92 Å². The van der Waals surface area contributed by atoms with E-state index in [1.54, 1.807) is 35.6 Å². The Morgan fingerprint density at radius 2 is 2.14 bits per heavy atom. The average molecular weight is 282 g/mol. The van der Waals surface area contributed by atoms with Crippen LogP contribution in [-0.4, -0.2) is 24.6 Å². The maximum Gasteiger partial charge on any atom is 0.310 e. The summed E-state index contributed by atoms with van der Waals surface area (Å²) in [5.74, 6) is -0.381. The van der Waals surface area contributed by atoms with Gasteiger partial charge in [-0.1, -0.05) is 0 Å². The molecule has 3 aromatic rings.